The van der Waals surface area contributed by atoms with Crippen molar-refractivity contribution >= 4 is 19.8 Å². The van der Waals surface area contributed by atoms with Gasteiger partial charge in [-0.05, 0) is 70.6 Å². The molecular weight excluding hydrogens is 843 g/mol. The van der Waals surface area contributed by atoms with E-state index >= 15 is 0 Å². The first kappa shape index (κ1) is 59.5. The topological polar surface area (TPSA) is 230 Å². The molecule has 0 radical (unpaired) electrons. The minimum Gasteiger partial charge on any atom is -0.462 e. The number of carbonyl (C=O) groups excluding carboxylic acids is 2. The van der Waals surface area contributed by atoms with Crippen molar-refractivity contribution in [3.63, 3.8) is 0 Å². The van der Waals surface area contributed by atoms with Crippen LogP contribution in [0.1, 0.15) is 174 Å². The number of allylic oxidation sites excluding steroid dienone is 8. The fourth-order valence-corrected chi connectivity index (χ4v) is 7.92. The van der Waals surface area contributed by atoms with Crippen LogP contribution in [0.4, 0.5) is 0 Å². The highest BCUT2D eigenvalue weighted by molar-refractivity contribution is 7.47. The quantitative estimate of drug-likeness (QED) is 0.0101. The van der Waals surface area contributed by atoms with Gasteiger partial charge in [0.25, 0.3) is 0 Å². The van der Waals surface area contributed by atoms with Crippen LogP contribution in [0.25, 0.3) is 0 Å². The molecule has 1 saturated carbocycles. The molecule has 1 aliphatic carbocycles. The van der Waals surface area contributed by atoms with Crippen molar-refractivity contribution in [1.29, 1.82) is 0 Å². The second-order valence-electron chi connectivity index (χ2n) is 16.8. The maximum absolute atomic E-state index is 12.8. The average molecular weight is 929 g/mol. The van der Waals surface area contributed by atoms with E-state index in [2.05, 4.69) is 32.1 Å². The lowest BCUT2D eigenvalue weighted by Gasteiger charge is -2.41. The van der Waals surface area contributed by atoms with Crippen LogP contribution in [-0.4, -0.2) is 110 Å². The molecule has 9 atom stereocenters. The van der Waals surface area contributed by atoms with Crippen LogP contribution >= 0.6 is 7.82 Å². The zero-order valence-corrected chi connectivity index (χ0v) is 39.8. The van der Waals surface area contributed by atoms with Crippen LogP contribution in [0.2, 0.25) is 0 Å². The van der Waals surface area contributed by atoms with Crippen molar-refractivity contribution in [1.82, 2.24) is 0 Å². The lowest BCUT2D eigenvalue weighted by molar-refractivity contribution is -0.220. The van der Waals surface area contributed by atoms with Crippen LogP contribution in [-0.2, 0) is 32.7 Å². The highest BCUT2D eigenvalue weighted by Gasteiger charge is 2.51. The van der Waals surface area contributed by atoms with Gasteiger partial charge in [0.1, 0.15) is 43.2 Å². The third-order valence-electron chi connectivity index (χ3n) is 10.9. The summed E-state index contributed by atoms with van der Waals surface area (Å²) in [5, 5.41) is 60.2. The number of carbonyl (C=O) groups is 2. The molecule has 1 fully saturated rings. The second kappa shape index (κ2) is 38.6. The Hall–Kier alpha value is -2.49. The lowest BCUT2D eigenvalue weighted by Crippen LogP contribution is -2.64. The molecule has 0 saturated heterocycles. The van der Waals surface area contributed by atoms with Crippen LogP contribution < -0.4 is 0 Å². The normalized spacial score (nSPS) is 22.6. The van der Waals surface area contributed by atoms with E-state index in [4.69, 9.17) is 18.5 Å². The van der Waals surface area contributed by atoms with Gasteiger partial charge in [-0.25, -0.2) is 4.57 Å². The maximum Gasteiger partial charge on any atom is 0.472 e. The molecular formula is C49H85O14P. The summed E-state index contributed by atoms with van der Waals surface area (Å²) in [4.78, 5) is 35.7. The van der Waals surface area contributed by atoms with Gasteiger partial charge in [-0.1, -0.05) is 152 Å². The molecule has 0 aromatic carbocycles. The first-order valence-electron chi connectivity index (χ1n) is 24.2. The van der Waals surface area contributed by atoms with Gasteiger partial charge in [-0.15, -0.1) is 0 Å². The number of phosphoric acid groups is 1. The molecule has 0 aromatic heterocycles. The van der Waals surface area contributed by atoms with Crippen molar-refractivity contribution in [2.45, 2.75) is 223 Å². The Kier molecular flexibility index (Phi) is 35.9. The van der Waals surface area contributed by atoms with Crippen molar-refractivity contribution < 1.29 is 68.2 Å². The molecule has 15 heteroatoms. The van der Waals surface area contributed by atoms with E-state index in [1.807, 2.05) is 36.5 Å². The minimum atomic E-state index is -5.15. The van der Waals surface area contributed by atoms with Gasteiger partial charge >= 0.3 is 19.8 Å². The fourth-order valence-electron chi connectivity index (χ4n) is 6.95. The predicted molar refractivity (Wildman–Crippen MR) is 250 cm³/mol. The Morgan fingerprint density at radius 1 is 0.562 bits per heavy atom. The van der Waals surface area contributed by atoms with Crippen molar-refractivity contribution in [2.75, 3.05) is 13.2 Å². The van der Waals surface area contributed by atoms with Crippen molar-refractivity contribution in [3.05, 3.63) is 60.8 Å². The van der Waals surface area contributed by atoms with Gasteiger partial charge < -0.3 is 45.0 Å². The Bertz CT molecular complexity index is 1370. The molecule has 1 rings (SSSR count). The molecule has 7 N–H and O–H groups in total. The second-order valence-corrected chi connectivity index (χ2v) is 18.2. The van der Waals surface area contributed by atoms with E-state index in [9.17, 15) is 49.7 Å². The molecule has 0 spiro atoms. The van der Waals surface area contributed by atoms with E-state index in [-0.39, 0.29) is 12.8 Å². The highest BCUT2D eigenvalue weighted by Crippen LogP contribution is 2.47. The number of aliphatic hydroxyl groups is 6. The molecule has 0 amide bonds. The van der Waals surface area contributed by atoms with Gasteiger partial charge in [-0.3, -0.25) is 18.6 Å². The average Bonchev–Trinajstić information content (AvgIpc) is 3.27. The largest absolute Gasteiger partial charge is 0.472 e. The van der Waals surface area contributed by atoms with Gasteiger partial charge in [0.15, 0.2) is 6.10 Å². The molecule has 14 nitrogen and oxygen atoms in total. The summed E-state index contributed by atoms with van der Waals surface area (Å²) in [6.07, 6.45) is 30.1. The van der Waals surface area contributed by atoms with Crippen LogP contribution in [0, 0.1) is 0 Å². The maximum atomic E-state index is 12.8. The summed E-state index contributed by atoms with van der Waals surface area (Å²) < 4.78 is 33.5. The predicted octanol–water partition coefficient (Wildman–Crippen LogP) is 8.70. The number of ether oxygens (including phenoxy) is 2. The Morgan fingerprint density at radius 3 is 1.67 bits per heavy atom. The van der Waals surface area contributed by atoms with E-state index in [1.165, 1.54) is 70.6 Å². The zero-order chi connectivity index (χ0) is 47.3. The van der Waals surface area contributed by atoms with E-state index < -0.39 is 81.8 Å². The van der Waals surface area contributed by atoms with Crippen LogP contribution in [0.5, 0.6) is 0 Å². The van der Waals surface area contributed by atoms with Gasteiger partial charge in [0.05, 0.1) is 12.7 Å². The third-order valence-corrected chi connectivity index (χ3v) is 11.9. The summed E-state index contributed by atoms with van der Waals surface area (Å²) in [6, 6.07) is 0. The number of hydrogen-bond donors (Lipinski definition) is 7. The molecule has 0 aromatic rings. The summed E-state index contributed by atoms with van der Waals surface area (Å²) >= 11 is 0. The molecule has 0 bridgehead atoms. The summed E-state index contributed by atoms with van der Waals surface area (Å²) in [5.41, 5.74) is 0. The zero-order valence-electron chi connectivity index (χ0n) is 38.9. The Labute approximate surface area is 384 Å². The molecule has 3 unspecified atom stereocenters. The smallest absolute Gasteiger partial charge is 0.462 e. The molecule has 1 aliphatic rings. The van der Waals surface area contributed by atoms with Gasteiger partial charge in [0.2, 0.25) is 0 Å². The first-order valence-corrected chi connectivity index (χ1v) is 25.7. The third kappa shape index (κ3) is 30.7. The van der Waals surface area contributed by atoms with Crippen molar-refractivity contribution in [2.24, 2.45) is 0 Å². The molecule has 0 heterocycles. The van der Waals surface area contributed by atoms with Crippen molar-refractivity contribution in [3.8, 4) is 0 Å². The molecule has 64 heavy (non-hydrogen) atoms. The van der Waals surface area contributed by atoms with E-state index in [1.54, 1.807) is 6.08 Å². The lowest BCUT2D eigenvalue weighted by atomic mass is 9.85. The Balaban J connectivity index is 2.52. The van der Waals surface area contributed by atoms with Gasteiger partial charge in [-0.2, -0.15) is 0 Å². The monoisotopic (exact) mass is 929 g/mol. The molecule has 370 valence electrons. The summed E-state index contributed by atoms with van der Waals surface area (Å²) in [6.45, 7) is 3.15. The van der Waals surface area contributed by atoms with E-state index in [0.717, 1.165) is 44.9 Å². The number of aliphatic hydroxyl groups excluding tert-OH is 6. The number of phosphoric ester groups is 1. The number of esters is 2. The molecule has 0 aliphatic heterocycles. The number of hydrogen-bond acceptors (Lipinski definition) is 13. The fraction of sp³-hybridized carbons (Fsp3) is 0.755. The minimum absolute atomic E-state index is 0.0138. The van der Waals surface area contributed by atoms with Crippen LogP contribution in [0.15, 0.2) is 60.8 Å². The number of unbranched alkanes of at least 4 members (excludes halogenated alkanes) is 17. The SMILES string of the molecule is CCCCC/C=C\C[C@H](O)/C=C/C=C\C/C=C\CCCC(=O)O[C@H](COC(=O)CCCCCCCCC/C=C\CCCCCCCC)COP(=O)(O)OC1[C@H](O)[C@H](O)C(O)[C@H](O)[C@H]1O. The standard InChI is InChI=1S/C49H85O14P/c1-3-5-7-9-11-12-13-14-15-16-17-18-19-20-24-28-32-36-42(51)60-38-41(39-61-64(58,59)63-49-47(56)45(54)44(53)46(55)48(49)57)62-43(52)37-33-29-25-22-21-23-27-31-35-40(50)34-30-26-10-8-6-4-2/h14-15,22-23,25-27,30-31,35,40-41,44-50,53-57H,3-13,16-21,24,28-29,32-34,36-39H2,1-2H3,(H,58,59)/b15-14-,25-22-,27-23-,30-26-,35-31+/t40-,41+,44?,45-,46+,47+,48+,49?/m0/s1. The first-order chi connectivity index (χ1) is 30.8. The van der Waals surface area contributed by atoms with Crippen LogP contribution in [0.3, 0.4) is 0 Å². The number of rotatable bonds is 39. The Morgan fingerprint density at radius 2 is 1.05 bits per heavy atom. The highest BCUT2D eigenvalue weighted by atomic mass is 31.2. The van der Waals surface area contributed by atoms with E-state index in [0.29, 0.717) is 32.1 Å². The summed E-state index contributed by atoms with van der Waals surface area (Å²) in [7, 11) is -5.15. The summed E-state index contributed by atoms with van der Waals surface area (Å²) in [5.74, 6) is -1.21. The van der Waals surface area contributed by atoms with Gasteiger partial charge in [0, 0.05) is 12.8 Å².